The molecule has 1 aliphatic heterocycles. The van der Waals surface area contributed by atoms with Gasteiger partial charge in [0.05, 0.1) is 12.1 Å². The van der Waals surface area contributed by atoms with Crippen molar-refractivity contribution in [3.63, 3.8) is 0 Å². The first kappa shape index (κ1) is 18.1. The number of nitrogens with two attached hydrogens (primary N) is 1. The van der Waals surface area contributed by atoms with Gasteiger partial charge in [-0.25, -0.2) is 0 Å². The number of carbonyl (C=O) groups is 2. The minimum atomic E-state index is -0.714. The molecule has 2 aromatic heterocycles. The molecule has 2 N–H and O–H groups in total. The number of benzene rings is 1. The monoisotopic (exact) mass is 383 g/mol. The molecule has 0 radical (unpaired) electrons. The highest BCUT2D eigenvalue weighted by atomic mass is 16.5. The molecule has 1 aromatic carbocycles. The number of rotatable bonds is 5. The average molecular weight is 383 g/mol. The molecule has 0 aliphatic carbocycles. The lowest BCUT2D eigenvalue weighted by Crippen LogP contribution is -2.37. The molecule has 3 aromatic rings. The lowest BCUT2D eigenvalue weighted by Gasteiger charge is -2.21. The Morgan fingerprint density at radius 3 is 2.79 bits per heavy atom. The Balaban J connectivity index is 1.33. The average Bonchev–Trinajstić information content (AvgIpc) is 3.23. The summed E-state index contributed by atoms with van der Waals surface area (Å²) in [7, 11) is 0. The molecule has 0 atom stereocenters. The zero-order valence-corrected chi connectivity index (χ0v) is 15.3. The van der Waals surface area contributed by atoms with Gasteiger partial charge in [-0.2, -0.15) is 10.1 Å². The molecule has 10 heteroatoms. The van der Waals surface area contributed by atoms with Crippen LogP contribution in [-0.4, -0.2) is 67.7 Å². The van der Waals surface area contributed by atoms with Gasteiger partial charge in [0.1, 0.15) is 6.54 Å². The van der Waals surface area contributed by atoms with Crippen LogP contribution in [0.1, 0.15) is 22.9 Å². The van der Waals surface area contributed by atoms with E-state index in [-0.39, 0.29) is 18.3 Å². The van der Waals surface area contributed by atoms with E-state index in [1.807, 2.05) is 35.4 Å². The molecule has 0 saturated carbocycles. The second-order valence-electron chi connectivity index (χ2n) is 6.77. The smallest absolute Gasteiger partial charge is 0.290 e. The summed E-state index contributed by atoms with van der Waals surface area (Å²) in [5, 5.41) is 9.02. The number of primary amides is 1. The quantitative estimate of drug-likeness (QED) is 0.670. The third-order valence-electron chi connectivity index (χ3n) is 4.75. The van der Waals surface area contributed by atoms with E-state index in [4.69, 9.17) is 10.3 Å². The van der Waals surface area contributed by atoms with E-state index >= 15 is 0 Å². The highest BCUT2D eigenvalue weighted by Gasteiger charge is 2.21. The van der Waals surface area contributed by atoms with Crippen molar-refractivity contribution in [3.05, 3.63) is 42.2 Å². The van der Waals surface area contributed by atoms with Gasteiger partial charge in [0.25, 0.3) is 11.7 Å². The van der Waals surface area contributed by atoms with E-state index in [1.54, 1.807) is 4.68 Å². The topological polar surface area (TPSA) is 123 Å². The van der Waals surface area contributed by atoms with Crippen LogP contribution in [0.4, 0.5) is 0 Å². The van der Waals surface area contributed by atoms with Gasteiger partial charge in [-0.3, -0.25) is 19.2 Å². The molecule has 3 heterocycles. The van der Waals surface area contributed by atoms with Crippen LogP contribution in [0.5, 0.6) is 0 Å². The molecule has 0 bridgehead atoms. The van der Waals surface area contributed by atoms with Gasteiger partial charge in [-0.15, -0.1) is 0 Å². The van der Waals surface area contributed by atoms with Gasteiger partial charge >= 0.3 is 0 Å². The lowest BCUT2D eigenvalue weighted by atomic mass is 10.3. The first-order valence-electron chi connectivity index (χ1n) is 9.13. The van der Waals surface area contributed by atoms with Crippen LogP contribution in [0.25, 0.3) is 10.9 Å². The minimum Gasteiger partial charge on any atom is -0.363 e. The van der Waals surface area contributed by atoms with Crippen LogP contribution < -0.4 is 5.73 Å². The molecule has 4 rings (SSSR count). The molecule has 146 valence electrons. The van der Waals surface area contributed by atoms with Crippen molar-refractivity contribution < 1.29 is 14.1 Å². The maximum atomic E-state index is 12.7. The van der Waals surface area contributed by atoms with Crippen molar-refractivity contribution in [1.82, 2.24) is 29.7 Å². The molecule has 0 unspecified atom stereocenters. The van der Waals surface area contributed by atoms with Crippen molar-refractivity contribution >= 4 is 22.7 Å². The summed E-state index contributed by atoms with van der Waals surface area (Å²) in [6.07, 6.45) is 2.73. The molecule has 0 spiro atoms. The number of hydrogen-bond acceptors (Lipinski definition) is 7. The number of nitrogens with zero attached hydrogens (tertiary/aromatic N) is 6. The maximum Gasteiger partial charge on any atom is 0.290 e. The molecule has 2 amide bonds. The minimum absolute atomic E-state index is 0.0449. The molecular formula is C18H21N7O3. The SMILES string of the molecule is NC(=O)c1noc(CN2CCCN(C(=O)Cn3cc4ccccc4n3)CC2)n1. The Morgan fingerprint density at radius 2 is 2.00 bits per heavy atom. The normalized spacial score (nSPS) is 15.6. The number of aromatic nitrogens is 4. The van der Waals surface area contributed by atoms with Crippen molar-refractivity contribution in [2.75, 3.05) is 26.2 Å². The third kappa shape index (κ3) is 4.01. The summed E-state index contributed by atoms with van der Waals surface area (Å²) in [4.78, 5) is 31.7. The zero-order valence-electron chi connectivity index (χ0n) is 15.3. The number of amides is 2. The van der Waals surface area contributed by atoms with Crippen LogP contribution in [0, 0.1) is 0 Å². The summed E-state index contributed by atoms with van der Waals surface area (Å²) < 4.78 is 6.75. The van der Waals surface area contributed by atoms with Crippen molar-refractivity contribution in [2.24, 2.45) is 5.73 Å². The van der Waals surface area contributed by atoms with Crippen molar-refractivity contribution in [1.29, 1.82) is 0 Å². The number of hydrogen-bond donors (Lipinski definition) is 1. The number of carbonyl (C=O) groups excluding carboxylic acids is 2. The second-order valence-corrected chi connectivity index (χ2v) is 6.77. The Bertz CT molecular complexity index is 963. The van der Waals surface area contributed by atoms with E-state index < -0.39 is 5.91 Å². The van der Waals surface area contributed by atoms with Gasteiger partial charge in [-0.05, 0) is 12.5 Å². The molecule has 10 nitrogen and oxygen atoms in total. The fraction of sp³-hybridized carbons (Fsp3) is 0.389. The van der Waals surface area contributed by atoms with Gasteiger partial charge < -0.3 is 15.2 Å². The largest absolute Gasteiger partial charge is 0.363 e. The fourth-order valence-corrected chi connectivity index (χ4v) is 3.32. The fourth-order valence-electron chi connectivity index (χ4n) is 3.32. The summed E-state index contributed by atoms with van der Waals surface area (Å²) >= 11 is 0. The molecular weight excluding hydrogens is 362 g/mol. The second kappa shape index (κ2) is 7.77. The highest BCUT2D eigenvalue weighted by Crippen LogP contribution is 2.12. The Morgan fingerprint density at radius 1 is 1.14 bits per heavy atom. The van der Waals surface area contributed by atoms with Crippen LogP contribution in [0.3, 0.4) is 0 Å². The molecule has 1 fully saturated rings. The first-order valence-corrected chi connectivity index (χ1v) is 9.13. The van der Waals surface area contributed by atoms with Crippen LogP contribution in [0.15, 0.2) is 35.0 Å². The van der Waals surface area contributed by atoms with Crippen molar-refractivity contribution in [3.8, 4) is 0 Å². The third-order valence-corrected chi connectivity index (χ3v) is 4.75. The highest BCUT2D eigenvalue weighted by molar-refractivity contribution is 5.88. The van der Waals surface area contributed by atoms with E-state index in [2.05, 4.69) is 20.1 Å². The number of fused-ring (bicyclic) bond motifs is 1. The van der Waals surface area contributed by atoms with Crippen LogP contribution >= 0.6 is 0 Å². The standard InChI is InChI=1S/C18H21N7O3/c19-17(27)18-20-15(28-22-18)11-23-6-3-7-24(9-8-23)16(26)12-25-10-13-4-1-2-5-14(13)21-25/h1-2,4-5,10H,3,6-9,11-12H2,(H2,19,27). The Kier molecular flexibility index (Phi) is 5.02. The van der Waals surface area contributed by atoms with Gasteiger partial charge in [-0.1, -0.05) is 23.4 Å². The van der Waals surface area contributed by atoms with E-state index in [9.17, 15) is 9.59 Å². The van der Waals surface area contributed by atoms with Gasteiger partial charge in [0, 0.05) is 37.8 Å². The Labute approximate surface area is 160 Å². The summed E-state index contributed by atoms with van der Waals surface area (Å²) in [5.41, 5.74) is 6.02. The summed E-state index contributed by atoms with van der Waals surface area (Å²) in [6.45, 7) is 3.42. The lowest BCUT2D eigenvalue weighted by molar-refractivity contribution is -0.131. The van der Waals surface area contributed by atoms with Gasteiger partial charge in [0.2, 0.25) is 11.8 Å². The molecule has 28 heavy (non-hydrogen) atoms. The van der Waals surface area contributed by atoms with Crippen LogP contribution in [-0.2, 0) is 17.9 Å². The maximum absolute atomic E-state index is 12.7. The molecule has 1 aliphatic rings. The predicted molar refractivity (Wildman–Crippen MR) is 99.0 cm³/mol. The van der Waals surface area contributed by atoms with E-state index in [0.717, 1.165) is 23.9 Å². The van der Waals surface area contributed by atoms with E-state index in [1.165, 1.54) is 0 Å². The summed E-state index contributed by atoms with van der Waals surface area (Å²) in [5.74, 6) is -0.442. The van der Waals surface area contributed by atoms with Crippen LogP contribution in [0.2, 0.25) is 0 Å². The summed E-state index contributed by atoms with van der Waals surface area (Å²) in [6, 6.07) is 7.80. The van der Waals surface area contributed by atoms with Crippen molar-refractivity contribution in [2.45, 2.75) is 19.5 Å². The Hall–Kier alpha value is -3.27. The predicted octanol–water partition coefficient (Wildman–Crippen LogP) is 0.253. The van der Waals surface area contributed by atoms with Gasteiger partial charge in [0.15, 0.2) is 0 Å². The first-order chi connectivity index (χ1) is 13.6. The zero-order chi connectivity index (χ0) is 19.5. The molecule has 1 saturated heterocycles. The van der Waals surface area contributed by atoms with E-state index in [0.29, 0.717) is 32.1 Å².